The van der Waals surface area contributed by atoms with Crippen LogP contribution >= 0.6 is 0 Å². The van der Waals surface area contributed by atoms with Gasteiger partial charge in [-0.1, -0.05) is 40.5 Å². The Labute approximate surface area is 183 Å². The summed E-state index contributed by atoms with van der Waals surface area (Å²) >= 11 is 0. The molecule has 7 fully saturated rings. The molecule has 0 radical (unpaired) electrons. The van der Waals surface area contributed by atoms with E-state index in [-0.39, 0.29) is 6.10 Å². The van der Waals surface area contributed by atoms with Gasteiger partial charge < -0.3 is 14.2 Å². The van der Waals surface area contributed by atoms with E-state index in [9.17, 15) is 0 Å². The van der Waals surface area contributed by atoms with Crippen LogP contribution in [-0.2, 0) is 14.2 Å². The Kier molecular flexibility index (Phi) is 3.91. The lowest BCUT2D eigenvalue weighted by atomic mass is 9.44. The molecule has 0 aromatic rings. The number of fused-ring (bicyclic) bond motifs is 9. The van der Waals surface area contributed by atoms with Gasteiger partial charge in [0.1, 0.15) is 6.10 Å². The molecule has 4 aliphatic carbocycles. The molecule has 0 amide bonds. The third-order valence-electron chi connectivity index (χ3n) is 12.2. The Hall–Kier alpha value is -0.120. The molecule has 4 saturated carbocycles. The molecule has 0 bridgehead atoms. The molecule has 13 unspecified atom stereocenters. The van der Waals surface area contributed by atoms with E-state index in [1.807, 2.05) is 0 Å². The van der Waals surface area contributed by atoms with Crippen LogP contribution in [0, 0.1) is 52.3 Å². The van der Waals surface area contributed by atoms with Gasteiger partial charge in [-0.15, -0.1) is 0 Å². The van der Waals surface area contributed by atoms with Gasteiger partial charge in [-0.3, -0.25) is 0 Å². The summed E-state index contributed by atoms with van der Waals surface area (Å²) < 4.78 is 19.6. The molecule has 30 heavy (non-hydrogen) atoms. The summed E-state index contributed by atoms with van der Waals surface area (Å²) in [4.78, 5) is 0. The van der Waals surface area contributed by atoms with Crippen molar-refractivity contribution in [2.75, 3.05) is 6.61 Å². The largest absolute Gasteiger partial charge is 0.363 e. The highest BCUT2D eigenvalue weighted by Gasteiger charge is 2.74. The van der Waals surface area contributed by atoms with Crippen molar-refractivity contribution in [3.63, 3.8) is 0 Å². The molecule has 168 valence electrons. The minimum absolute atomic E-state index is 0.192. The molecular formula is C27H42O3. The third-order valence-corrected chi connectivity index (χ3v) is 12.2. The predicted octanol–water partition coefficient (Wildman–Crippen LogP) is 5.81. The second-order valence-electron chi connectivity index (χ2n) is 13.2. The first-order chi connectivity index (χ1) is 14.4. The van der Waals surface area contributed by atoms with Crippen LogP contribution in [0.5, 0.6) is 0 Å². The maximum Gasteiger partial charge on any atom is 0.200 e. The first-order valence-electron chi connectivity index (χ1n) is 13.4. The summed E-state index contributed by atoms with van der Waals surface area (Å²) in [6, 6.07) is 0. The Bertz CT molecular complexity index is 738. The second-order valence-corrected chi connectivity index (χ2v) is 13.2. The van der Waals surface area contributed by atoms with Crippen molar-refractivity contribution in [2.45, 2.75) is 110 Å². The fourth-order valence-electron chi connectivity index (χ4n) is 10.7. The van der Waals surface area contributed by atoms with E-state index < -0.39 is 5.79 Å². The molecule has 0 N–H and O–H groups in total. The third kappa shape index (κ3) is 2.19. The molecule has 7 rings (SSSR count). The number of ether oxygens (including phenoxy) is 3. The van der Waals surface area contributed by atoms with E-state index in [4.69, 9.17) is 14.2 Å². The van der Waals surface area contributed by atoms with Gasteiger partial charge in [0.05, 0.1) is 18.8 Å². The first kappa shape index (κ1) is 19.4. The number of epoxide rings is 1. The minimum Gasteiger partial charge on any atom is -0.363 e. The van der Waals surface area contributed by atoms with Gasteiger partial charge in [-0.05, 0) is 85.4 Å². The quantitative estimate of drug-likeness (QED) is 0.469. The molecule has 3 aliphatic heterocycles. The average molecular weight is 415 g/mol. The lowest BCUT2D eigenvalue weighted by Crippen LogP contribution is -2.55. The van der Waals surface area contributed by atoms with E-state index in [2.05, 4.69) is 27.7 Å². The molecule has 13 atom stereocenters. The Morgan fingerprint density at radius 1 is 0.867 bits per heavy atom. The zero-order chi connectivity index (χ0) is 20.5. The summed E-state index contributed by atoms with van der Waals surface area (Å²) in [6.45, 7) is 10.9. The molecule has 3 nitrogen and oxygen atoms in total. The van der Waals surface area contributed by atoms with Crippen molar-refractivity contribution < 1.29 is 14.2 Å². The normalized spacial score (nSPS) is 66.0. The first-order valence-corrected chi connectivity index (χ1v) is 13.4. The van der Waals surface area contributed by atoms with Gasteiger partial charge in [0, 0.05) is 11.8 Å². The monoisotopic (exact) mass is 414 g/mol. The van der Waals surface area contributed by atoms with E-state index in [0.29, 0.717) is 40.8 Å². The maximum atomic E-state index is 6.95. The Balaban J connectivity index is 1.18. The Morgan fingerprint density at radius 3 is 2.60 bits per heavy atom. The van der Waals surface area contributed by atoms with Crippen molar-refractivity contribution in [1.29, 1.82) is 0 Å². The van der Waals surface area contributed by atoms with Gasteiger partial charge in [0.15, 0.2) is 0 Å². The number of hydrogen-bond acceptors (Lipinski definition) is 3. The van der Waals surface area contributed by atoms with Gasteiger partial charge in [0.25, 0.3) is 0 Å². The molecule has 3 heteroatoms. The van der Waals surface area contributed by atoms with Crippen molar-refractivity contribution in [3.05, 3.63) is 0 Å². The Morgan fingerprint density at radius 2 is 1.73 bits per heavy atom. The summed E-state index contributed by atoms with van der Waals surface area (Å²) in [5.74, 6) is 4.98. The van der Waals surface area contributed by atoms with E-state index in [1.54, 1.807) is 0 Å². The van der Waals surface area contributed by atoms with Crippen molar-refractivity contribution in [1.82, 2.24) is 0 Å². The zero-order valence-corrected chi connectivity index (χ0v) is 19.6. The van der Waals surface area contributed by atoms with Crippen molar-refractivity contribution in [3.8, 4) is 0 Å². The van der Waals surface area contributed by atoms with Crippen LogP contribution in [0.3, 0.4) is 0 Å². The van der Waals surface area contributed by atoms with Crippen molar-refractivity contribution >= 4 is 0 Å². The fourth-order valence-corrected chi connectivity index (χ4v) is 10.7. The number of rotatable bonds is 0. The van der Waals surface area contributed by atoms with Gasteiger partial charge in [0.2, 0.25) is 5.79 Å². The van der Waals surface area contributed by atoms with Crippen LogP contribution in [0.4, 0.5) is 0 Å². The van der Waals surface area contributed by atoms with Crippen LogP contribution in [0.15, 0.2) is 0 Å². The second kappa shape index (κ2) is 6.06. The number of hydrogen-bond donors (Lipinski definition) is 0. The summed E-state index contributed by atoms with van der Waals surface area (Å²) in [5, 5.41) is 0. The highest BCUT2D eigenvalue weighted by atomic mass is 16.8. The summed E-state index contributed by atoms with van der Waals surface area (Å²) in [5.41, 5.74) is 1.06. The lowest BCUT2D eigenvalue weighted by Gasteiger charge is -2.61. The smallest absolute Gasteiger partial charge is 0.200 e. The predicted molar refractivity (Wildman–Crippen MR) is 116 cm³/mol. The van der Waals surface area contributed by atoms with Crippen LogP contribution in [0.1, 0.15) is 85.5 Å². The van der Waals surface area contributed by atoms with Crippen LogP contribution < -0.4 is 0 Å². The van der Waals surface area contributed by atoms with Gasteiger partial charge in [-0.2, -0.15) is 0 Å². The average Bonchev–Trinajstić information content (AvgIpc) is 3.42. The highest BCUT2D eigenvalue weighted by molar-refractivity contribution is 5.18. The molecule has 0 aromatic heterocycles. The molecule has 1 spiro atoms. The molecule has 7 aliphatic rings. The minimum atomic E-state index is -0.440. The van der Waals surface area contributed by atoms with E-state index >= 15 is 0 Å². The fraction of sp³-hybridized carbons (Fsp3) is 1.00. The van der Waals surface area contributed by atoms with Crippen LogP contribution in [0.2, 0.25) is 0 Å². The molecule has 0 aromatic carbocycles. The summed E-state index contributed by atoms with van der Waals surface area (Å²) in [7, 11) is 0. The van der Waals surface area contributed by atoms with Gasteiger partial charge >= 0.3 is 0 Å². The summed E-state index contributed by atoms with van der Waals surface area (Å²) in [6.07, 6.45) is 14.1. The van der Waals surface area contributed by atoms with Crippen LogP contribution in [0.25, 0.3) is 0 Å². The topological polar surface area (TPSA) is 31.0 Å². The lowest BCUT2D eigenvalue weighted by molar-refractivity contribution is -0.268. The zero-order valence-electron chi connectivity index (χ0n) is 19.6. The van der Waals surface area contributed by atoms with E-state index in [0.717, 1.165) is 30.3 Å². The van der Waals surface area contributed by atoms with Gasteiger partial charge in [-0.25, -0.2) is 0 Å². The molecule has 3 heterocycles. The SMILES string of the molecule is CC1COC2(OC3CC4C5CCC6CCCCC6(C)C5CCC4(C)C3C2C)C2OC12. The van der Waals surface area contributed by atoms with Crippen molar-refractivity contribution in [2.24, 2.45) is 52.3 Å². The highest BCUT2D eigenvalue weighted by Crippen LogP contribution is 2.72. The van der Waals surface area contributed by atoms with Crippen LogP contribution in [-0.4, -0.2) is 30.7 Å². The standard InChI is InChI=1S/C27H42O3/c1-15-14-28-27(24-23(15)29-24)16(2)22-21(30-27)13-20-18-9-8-17-7-5-6-11-25(17,3)19(18)10-12-26(20,22)4/h15-24H,5-14H2,1-4H3. The van der Waals surface area contributed by atoms with E-state index in [1.165, 1.54) is 57.8 Å². The maximum absolute atomic E-state index is 6.95. The molecule has 3 saturated heterocycles. The molecular weight excluding hydrogens is 372 g/mol.